The Labute approximate surface area is 96.5 Å². The van der Waals surface area contributed by atoms with E-state index in [1.807, 2.05) is 0 Å². The number of nitrogens with one attached hydrogen (secondary N) is 1. The second-order valence-corrected chi connectivity index (χ2v) is 4.78. The molecule has 0 atom stereocenters. The monoisotopic (exact) mass is 256 g/mol. The Balaban J connectivity index is 2.11. The lowest BCUT2D eigenvalue weighted by Gasteiger charge is -2.00. The van der Waals surface area contributed by atoms with Gasteiger partial charge in [-0.3, -0.25) is 4.79 Å². The molecule has 90 valence electrons. The predicted octanol–water partition coefficient (Wildman–Crippen LogP) is 0.559. The van der Waals surface area contributed by atoms with Crippen LogP contribution in [-0.4, -0.2) is 19.9 Å². The number of furan rings is 1. The lowest BCUT2D eigenvalue weighted by Crippen LogP contribution is -2.22. The molecule has 2 rings (SSSR count). The van der Waals surface area contributed by atoms with E-state index in [9.17, 15) is 13.2 Å². The van der Waals surface area contributed by atoms with E-state index in [-0.39, 0.29) is 17.4 Å². The zero-order chi connectivity index (χ0) is 12.3. The number of carbonyl (C=O) groups is 1. The van der Waals surface area contributed by atoms with Gasteiger partial charge in [0.05, 0.1) is 12.7 Å². The smallest absolute Gasteiger partial charge is 0.274 e. The topological polar surface area (TPSA) is 102 Å². The molecule has 8 heteroatoms. The summed E-state index contributed by atoms with van der Waals surface area (Å²) in [6, 6.07) is 4.00. The normalized spacial score (nSPS) is 11.5. The lowest BCUT2D eigenvalue weighted by atomic mass is 10.5. The van der Waals surface area contributed by atoms with Gasteiger partial charge in [0.1, 0.15) is 0 Å². The Morgan fingerprint density at radius 2 is 2.18 bits per heavy atom. The fourth-order valence-corrected chi connectivity index (χ4v) is 2.04. The second-order valence-electron chi connectivity index (χ2n) is 3.08. The molecule has 0 spiro atoms. The minimum absolute atomic E-state index is 0.0422. The molecular formula is C9H8N2O5S. The molecule has 2 aromatic heterocycles. The zero-order valence-corrected chi connectivity index (χ0v) is 9.31. The van der Waals surface area contributed by atoms with E-state index in [0.717, 1.165) is 0 Å². The van der Waals surface area contributed by atoms with Crippen molar-refractivity contribution in [2.75, 3.05) is 0 Å². The minimum Gasteiger partial charge on any atom is -0.440 e. The van der Waals surface area contributed by atoms with E-state index >= 15 is 0 Å². The quantitative estimate of drug-likeness (QED) is 0.784. The summed E-state index contributed by atoms with van der Waals surface area (Å²) in [6.45, 7) is -0.0422. The van der Waals surface area contributed by atoms with Crippen molar-refractivity contribution >= 4 is 16.3 Å². The van der Waals surface area contributed by atoms with Crippen LogP contribution in [0.2, 0.25) is 0 Å². The average molecular weight is 256 g/mol. The van der Waals surface area contributed by atoms with E-state index in [1.165, 1.54) is 24.4 Å². The fraction of sp³-hybridized carbons (Fsp3) is 0.111. The van der Waals surface area contributed by atoms with E-state index < -0.39 is 10.0 Å². The Kier molecular flexibility index (Phi) is 3.07. The third-order valence-electron chi connectivity index (χ3n) is 1.91. The SMILES string of the molecule is O=Cc1ccc(S(=O)(=O)NCc2ccno2)o1. The number of nitrogens with zero attached hydrogens (tertiary/aromatic N) is 1. The molecule has 2 heterocycles. The molecule has 0 aromatic carbocycles. The van der Waals surface area contributed by atoms with Crippen molar-refractivity contribution < 1.29 is 22.2 Å². The fourth-order valence-electron chi connectivity index (χ4n) is 1.11. The highest BCUT2D eigenvalue weighted by Gasteiger charge is 2.18. The second kappa shape index (κ2) is 4.52. The zero-order valence-electron chi connectivity index (χ0n) is 8.49. The first-order chi connectivity index (χ1) is 8.12. The van der Waals surface area contributed by atoms with Crippen LogP contribution in [0.5, 0.6) is 0 Å². The molecule has 0 aliphatic rings. The Morgan fingerprint density at radius 3 is 2.76 bits per heavy atom. The number of aromatic nitrogens is 1. The minimum atomic E-state index is -3.79. The van der Waals surface area contributed by atoms with Gasteiger partial charge in [0, 0.05) is 6.07 Å². The van der Waals surface area contributed by atoms with Crippen LogP contribution in [0.15, 0.2) is 38.4 Å². The summed E-state index contributed by atoms with van der Waals surface area (Å²) in [6.07, 6.45) is 1.83. The summed E-state index contributed by atoms with van der Waals surface area (Å²) in [5.41, 5.74) is 0. The van der Waals surface area contributed by atoms with Gasteiger partial charge in [-0.05, 0) is 12.1 Å². The number of carbonyl (C=O) groups excluding carboxylic acids is 1. The maximum absolute atomic E-state index is 11.7. The first kappa shape index (κ1) is 11.6. The van der Waals surface area contributed by atoms with Gasteiger partial charge < -0.3 is 8.94 Å². The third kappa shape index (κ3) is 2.60. The van der Waals surface area contributed by atoms with E-state index in [0.29, 0.717) is 12.0 Å². The molecule has 0 saturated heterocycles. The van der Waals surface area contributed by atoms with Crippen molar-refractivity contribution in [2.45, 2.75) is 11.6 Å². The predicted molar refractivity (Wildman–Crippen MR) is 54.6 cm³/mol. The van der Waals surface area contributed by atoms with Crippen molar-refractivity contribution in [3.63, 3.8) is 0 Å². The highest BCUT2D eigenvalue weighted by atomic mass is 32.2. The van der Waals surface area contributed by atoms with Crippen LogP contribution in [0.4, 0.5) is 0 Å². The molecule has 0 bridgehead atoms. The maximum Gasteiger partial charge on any atom is 0.274 e. The number of aldehydes is 1. The number of rotatable bonds is 5. The van der Waals surface area contributed by atoms with Gasteiger partial charge in [0.2, 0.25) is 5.09 Å². The van der Waals surface area contributed by atoms with Crippen LogP contribution in [0.1, 0.15) is 16.3 Å². The molecule has 0 amide bonds. The van der Waals surface area contributed by atoms with Crippen LogP contribution in [-0.2, 0) is 16.6 Å². The van der Waals surface area contributed by atoms with E-state index in [4.69, 9.17) is 8.94 Å². The average Bonchev–Trinajstić information content (AvgIpc) is 2.98. The Bertz CT molecular complexity index is 599. The molecule has 0 radical (unpaired) electrons. The lowest BCUT2D eigenvalue weighted by molar-refractivity contribution is 0.109. The van der Waals surface area contributed by atoms with Gasteiger partial charge in [0.25, 0.3) is 10.0 Å². The van der Waals surface area contributed by atoms with Gasteiger partial charge in [0.15, 0.2) is 17.8 Å². The van der Waals surface area contributed by atoms with E-state index in [1.54, 1.807) is 0 Å². The van der Waals surface area contributed by atoms with Crippen molar-refractivity contribution in [3.05, 3.63) is 35.9 Å². The van der Waals surface area contributed by atoms with Gasteiger partial charge in [-0.15, -0.1) is 0 Å². The molecule has 7 nitrogen and oxygen atoms in total. The largest absolute Gasteiger partial charge is 0.440 e. The van der Waals surface area contributed by atoms with Crippen LogP contribution in [0.25, 0.3) is 0 Å². The van der Waals surface area contributed by atoms with Crippen molar-refractivity contribution in [1.29, 1.82) is 0 Å². The van der Waals surface area contributed by atoms with Gasteiger partial charge in [-0.2, -0.15) is 0 Å². The molecule has 2 aromatic rings. The van der Waals surface area contributed by atoms with Gasteiger partial charge in [-0.25, -0.2) is 13.1 Å². The number of hydrogen-bond acceptors (Lipinski definition) is 6. The van der Waals surface area contributed by atoms with Gasteiger partial charge in [-0.1, -0.05) is 5.16 Å². The highest BCUT2D eigenvalue weighted by molar-refractivity contribution is 7.89. The molecule has 0 unspecified atom stereocenters. The molecule has 0 aliphatic carbocycles. The molecular weight excluding hydrogens is 248 g/mol. The van der Waals surface area contributed by atoms with Crippen LogP contribution >= 0.6 is 0 Å². The van der Waals surface area contributed by atoms with Crippen LogP contribution in [0.3, 0.4) is 0 Å². The Morgan fingerprint density at radius 1 is 1.35 bits per heavy atom. The molecule has 0 fully saturated rings. The summed E-state index contributed by atoms with van der Waals surface area (Å²) in [4.78, 5) is 10.4. The number of sulfonamides is 1. The molecule has 17 heavy (non-hydrogen) atoms. The maximum atomic E-state index is 11.7. The first-order valence-electron chi connectivity index (χ1n) is 4.56. The highest BCUT2D eigenvalue weighted by Crippen LogP contribution is 2.12. The van der Waals surface area contributed by atoms with Crippen molar-refractivity contribution in [2.24, 2.45) is 0 Å². The standard InChI is InChI=1S/C9H8N2O5S/c12-6-8-1-2-9(15-8)17(13,14)11-5-7-3-4-10-16-7/h1-4,6,11H,5H2. The van der Waals surface area contributed by atoms with Gasteiger partial charge >= 0.3 is 0 Å². The van der Waals surface area contributed by atoms with Crippen molar-refractivity contribution in [1.82, 2.24) is 9.88 Å². The molecule has 0 saturated carbocycles. The summed E-state index contributed by atoms with van der Waals surface area (Å²) in [5.74, 6) is 0.320. The number of hydrogen-bond donors (Lipinski definition) is 1. The molecule has 0 aliphatic heterocycles. The van der Waals surface area contributed by atoms with Crippen molar-refractivity contribution in [3.8, 4) is 0 Å². The van der Waals surface area contributed by atoms with Crippen LogP contribution < -0.4 is 4.72 Å². The Hall–Kier alpha value is -1.93. The summed E-state index contributed by atoms with van der Waals surface area (Å²) < 4.78 is 35.1. The first-order valence-corrected chi connectivity index (χ1v) is 6.04. The summed E-state index contributed by atoms with van der Waals surface area (Å²) in [7, 11) is -3.79. The third-order valence-corrected chi connectivity index (χ3v) is 3.18. The molecule has 1 N–H and O–H groups in total. The summed E-state index contributed by atoms with van der Waals surface area (Å²) >= 11 is 0. The van der Waals surface area contributed by atoms with E-state index in [2.05, 4.69) is 9.88 Å². The van der Waals surface area contributed by atoms with Crippen LogP contribution in [0, 0.1) is 0 Å². The summed E-state index contributed by atoms with van der Waals surface area (Å²) in [5, 5.41) is 3.11.